The van der Waals surface area contributed by atoms with E-state index in [0.717, 1.165) is 24.5 Å². The van der Waals surface area contributed by atoms with Crippen LogP contribution in [0.15, 0.2) is 6.20 Å². The lowest BCUT2D eigenvalue weighted by Crippen LogP contribution is -2.40. The van der Waals surface area contributed by atoms with Gasteiger partial charge in [0.05, 0.1) is 11.8 Å². The lowest BCUT2D eigenvalue weighted by Gasteiger charge is -2.21. The molecule has 1 aromatic rings. The Bertz CT molecular complexity index is 358. The molecular formula is C11H19N3OS. The summed E-state index contributed by atoms with van der Waals surface area (Å²) in [4.78, 5) is 0. The van der Waals surface area contributed by atoms with Gasteiger partial charge in [0.2, 0.25) is 0 Å². The van der Waals surface area contributed by atoms with Crippen LogP contribution in [-0.4, -0.2) is 38.5 Å². The Kier molecular flexibility index (Phi) is 3.56. The van der Waals surface area contributed by atoms with Crippen LogP contribution in [0.3, 0.4) is 0 Å². The first kappa shape index (κ1) is 12.0. The molecule has 0 bridgehead atoms. The summed E-state index contributed by atoms with van der Waals surface area (Å²) in [6.07, 6.45) is 2.78. The van der Waals surface area contributed by atoms with Gasteiger partial charge in [0.25, 0.3) is 0 Å². The maximum absolute atomic E-state index is 10.1. The molecule has 0 amide bonds. The van der Waals surface area contributed by atoms with Crippen molar-refractivity contribution in [2.45, 2.75) is 25.5 Å². The number of aryl methyl sites for hydroxylation is 1. The molecule has 0 spiro atoms. The zero-order chi connectivity index (χ0) is 11.6. The number of hydrogen-bond donors (Lipinski definition) is 2. The van der Waals surface area contributed by atoms with Crippen molar-refractivity contribution in [1.29, 1.82) is 0 Å². The molecule has 1 unspecified atom stereocenters. The van der Waals surface area contributed by atoms with Crippen LogP contribution in [0.1, 0.15) is 17.7 Å². The predicted molar refractivity (Wildman–Crippen MR) is 66.5 cm³/mol. The van der Waals surface area contributed by atoms with Crippen LogP contribution in [-0.2, 0) is 13.6 Å². The molecule has 0 aromatic carbocycles. The number of nitrogens with one attached hydrogen (secondary N) is 1. The van der Waals surface area contributed by atoms with Gasteiger partial charge in [-0.2, -0.15) is 16.9 Å². The summed E-state index contributed by atoms with van der Waals surface area (Å²) in [6, 6.07) is 0. The second-order valence-corrected chi connectivity index (χ2v) is 5.61. The molecule has 0 aliphatic carbocycles. The average molecular weight is 241 g/mol. The number of aliphatic hydroxyl groups is 1. The fourth-order valence-electron chi connectivity index (χ4n) is 1.88. The third kappa shape index (κ3) is 2.59. The number of nitrogens with zero attached hydrogens (tertiary/aromatic N) is 2. The van der Waals surface area contributed by atoms with Crippen LogP contribution in [0, 0.1) is 6.92 Å². The molecule has 0 radical (unpaired) electrons. The van der Waals surface area contributed by atoms with Crippen molar-refractivity contribution in [3.63, 3.8) is 0 Å². The average Bonchev–Trinajstić information content (AvgIpc) is 2.80. The van der Waals surface area contributed by atoms with Gasteiger partial charge < -0.3 is 10.4 Å². The smallest absolute Gasteiger partial charge is 0.0869 e. The molecule has 2 N–H and O–H groups in total. The minimum Gasteiger partial charge on any atom is -0.388 e. The Hall–Kier alpha value is -0.520. The Morgan fingerprint density at radius 3 is 3.06 bits per heavy atom. The molecule has 1 aromatic heterocycles. The quantitative estimate of drug-likeness (QED) is 0.814. The van der Waals surface area contributed by atoms with Crippen molar-refractivity contribution >= 4 is 11.8 Å². The van der Waals surface area contributed by atoms with E-state index >= 15 is 0 Å². The number of hydrogen-bond acceptors (Lipinski definition) is 4. The van der Waals surface area contributed by atoms with Gasteiger partial charge >= 0.3 is 0 Å². The summed E-state index contributed by atoms with van der Waals surface area (Å²) in [6.45, 7) is 3.52. The summed E-state index contributed by atoms with van der Waals surface area (Å²) in [5.41, 5.74) is 1.89. The highest BCUT2D eigenvalue weighted by Gasteiger charge is 2.31. The molecule has 16 heavy (non-hydrogen) atoms. The highest BCUT2D eigenvalue weighted by atomic mass is 32.2. The van der Waals surface area contributed by atoms with Crippen molar-refractivity contribution in [3.8, 4) is 0 Å². The Labute approximate surface area is 100 Å². The maximum atomic E-state index is 10.1. The van der Waals surface area contributed by atoms with Crippen LogP contribution >= 0.6 is 11.8 Å². The highest BCUT2D eigenvalue weighted by Crippen LogP contribution is 2.27. The van der Waals surface area contributed by atoms with Gasteiger partial charge in [-0.15, -0.1) is 0 Å². The van der Waals surface area contributed by atoms with Crippen LogP contribution in [0.2, 0.25) is 0 Å². The molecule has 2 rings (SSSR count). The number of aromatic nitrogens is 2. The van der Waals surface area contributed by atoms with Gasteiger partial charge in [0.15, 0.2) is 0 Å². The fourth-order valence-corrected chi connectivity index (χ4v) is 3.18. The second-order valence-electron chi connectivity index (χ2n) is 4.51. The first-order valence-corrected chi connectivity index (χ1v) is 6.74. The summed E-state index contributed by atoms with van der Waals surface area (Å²) in [5.74, 6) is 1.93. The molecular weight excluding hydrogens is 222 g/mol. The van der Waals surface area contributed by atoms with E-state index in [1.165, 1.54) is 11.3 Å². The molecule has 1 fully saturated rings. The van der Waals surface area contributed by atoms with E-state index in [9.17, 15) is 5.11 Å². The van der Waals surface area contributed by atoms with E-state index in [4.69, 9.17) is 0 Å². The van der Waals surface area contributed by atoms with E-state index in [0.29, 0.717) is 6.54 Å². The monoisotopic (exact) mass is 241 g/mol. The molecule has 90 valence electrons. The molecule has 2 heterocycles. The second kappa shape index (κ2) is 4.77. The molecule has 1 saturated heterocycles. The van der Waals surface area contributed by atoms with Crippen molar-refractivity contribution in [2.75, 3.05) is 18.1 Å². The first-order chi connectivity index (χ1) is 7.61. The van der Waals surface area contributed by atoms with Crippen molar-refractivity contribution in [2.24, 2.45) is 7.05 Å². The zero-order valence-corrected chi connectivity index (χ0v) is 10.7. The van der Waals surface area contributed by atoms with E-state index in [-0.39, 0.29) is 0 Å². The minimum atomic E-state index is -0.499. The molecule has 5 heteroatoms. The lowest BCUT2D eigenvalue weighted by molar-refractivity contribution is 0.0674. The maximum Gasteiger partial charge on any atom is 0.0869 e. The van der Waals surface area contributed by atoms with Crippen molar-refractivity contribution in [3.05, 3.63) is 17.5 Å². The normalized spacial score (nSPS) is 25.2. The number of thioether (sulfide) groups is 1. The van der Waals surface area contributed by atoms with Gasteiger partial charge in [-0.25, -0.2) is 0 Å². The largest absolute Gasteiger partial charge is 0.388 e. The topological polar surface area (TPSA) is 50.1 Å². The Balaban J connectivity index is 1.82. The summed E-state index contributed by atoms with van der Waals surface area (Å²) < 4.78 is 1.87. The van der Waals surface area contributed by atoms with E-state index < -0.39 is 5.60 Å². The molecule has 1 atom stereocenters. The summed E-state index contributed by atoms with van der Waals surface area (Å²) in [7, 11) is 1.94. The first-order valence-electron chi connectivity index (χ1n) is 5.59. The van der Waals surface area contributed by atoms with E-state index in [2.05, 4.69) is 17.3 Å². The van der Waals surface area contributed by atoms with E-state index in [1.54, 1.807) is 0 Å². The minimum absolute atomic E-state index is 0.499. The highest BCUT2D eigenvalue weighted by molar-refractivity contribution is 7.99. The van der Waals surface area contributed by atoms with Crippen LogP contribution in [0.25, 0.3) is 0 Å². The fraction of sp³-hybridized carbons (Fsp3) is 0.727. The summed E-state index contributed by atoms with van der Waals surface area (Å²) >= 11 is 1.83. The van der Waals surface area contributed by atoms with Gasteiger partial charge in [0, 0.05) is 37.1 Å². The molecule has 4 nitrogen and oxygen atoms in total. The van der Waals surface area contributed by atoms with E-state index in [1.807, 2.05) is 29.7 Å². The van der Waals surface area contributed by atoms with Crippen LogP contribution in [0.4, 0.5) is 0 Å². The van der Waals surface area contributed by atoms with Gasteiger partial charge in [-0.1, -0.05) is 0 Å². The molecule has 0 saturated carbocycles. The van der Waals surface area contributed by atoms with Gasteiger partial charge in [-0.05, 0) is 19.1 Å². The van der Waals surface area contributed by atoms with Gasteiger partial charge in [-0.3, -0.25) is 4.68 Å². The Morgan fingerprint density at radius 1 is 1.69 bits per heavy atom. The predicted octanol–water partition coefficient (Wildman–Crippen LogP) is 0.686. The third-order valence-corrected chi connectivity index (χ3v) is 4.42. The SMILES string of the molecule is Cc1c(CNCC2(O)CCSC2)cnn1C. The van der Waals surface area contributed by atoms with Gasteiger partial charge in [0.1, 0.15) is 0 Å². The standard InChI is InChI=1S/C11H19N3OS/c1-9-10(6-13-14(9)2)5-12-7-11(15)3-4-16-8-11/h6,12,15H,3-5,7-8H2,1-2H3. The zero-order valence-electron chi connectivity index (χ0n) is 9.86. The molecule has 1 aliphatic rings. The van der Waals surface area contributed by atoms with Crippen LogP contribution < -0.4 is 5.32 Å². The molecule has 1 aliphatic heterocycles. The lowest BCUT2D eigenvalue weighted by atomic mass is 10.0. The number of rotatable bonds is 4. The third-order valence-electron chi connectivity index (χ3n) is 3.19. The van der Waals surface area contributed by atoms with Crippen LogP contribution in [0.5, 0.6) is 0 Å². The Morgan fingerprint density at radius 2 is 2.50 bits per heavy atom. The van der Waals surface area contributed by atoms with Crippen molar-refractivity contribution in [1.82, 2.24) is 15.1 Å². The van der Waals surface area contributed by atoms with Crippen molar-refractivity contribution < 1.29 is 5.11 Å². The summed E-state index contributed by atoms with van der Waals surface area (Å²) in [5, 5.41) is 17.7.